The van der Waals surface area contributed by atoms with Crippen LogP contribution in [0.1, 0.15) is 58.4 Å². The van der Waals surface area contributed by atoms with Crippen molar-refractivity contribution in [2.24, 2.45) is 11.3 Å². The zero-order valence-corrected chi connectivity index (χ0v) is 15.0. The van der Waals surface area contributed by atoms with Gasteiger partial charge in [-0.15, -0.1) is 0 Å². The lowest BCUT2D eigenvalue weighted by Gasteiger charge is -2.39. The first kappa shape index (κ1) is 17.5. The van der Waals surface area contributed by atoms with E-state index < -0.39 is 10.0 Å². The van der Waals surface area contributed by atoms with E-state index in [1.54, 1.807) is 12.1 Å². The Kier molecular flexibility index (Phi) is 5.33. The second-order valence-corrected chi connectivity index (χ2v) is 9.04. The van der Waals surface area contributed by atoms with Gasteiger partial charge in [-0.05, 0) is 56.1 Å². The van der Waals surface area contributed by atoms with Gasteiger partial charge in [-0.2, -0.15) is 0 Å². The molecule has 0 saturated heterocycles. The molecule has 1 aliphatic rings. The van der Waals surface area contributed by atoms with E-state index in [0.717, 1.165) is 31.2 Å². The largest absolute Gasteiger partial charge is 0.240 e. The third-order valence-electron chi connectivity index (χ3n) is 5.40. The molecule has 1 saturated carbocycles. The SMILES string of the molecule is CCC(C)(C)C1CCC(NS(=O)(=O)c2ccc(C)cc2)CC1. The summed E-state index contributed by atoms with van der Waals surface area (Å²) in [6.07, 6.45) is 5.29. The highest BCUT2D eigenvalue weighted by atomic mass is 32.2. The Balaban J connectivity index is 1.97. The highest BCUT2D eigenvalue weighted by molar-refractivity contribution is 7.89. The number of hydrogen-bond donors (Lipinski definition) is 1. The van der Waals surface area contributed by atoms with Gasteiger partial charge in [0, 0.05) is 6.04 Å². The van der Waals surface area contributed by atoms with Crippen molar-refractivity contribution in [1.82, 2.24) is 4.72 Å². The Morgan fingerprint density at radius 1 is 1.09 bits per heavy atom. The second-order valence-electron chi connectivity index (χ2n) is 7.33. The van der Waals surface area contributed by atoms with E-state index in [-0.39, 0.29) is 6.04 Å². The molecule has 124 valence electrons. The monoisotopic (exact) mass is 323 g/mol. The molecule has 1 aromatic rings. The summed E-state index contributed by atoms with van der Waals surface area (Å²) in [6, 6.07) is 7.13. The molecule has 0 heterocycles. The molecule has 1 fully saturated rings. The molecule has 0 aliphatic heterocycles. The molecule has 3 nitrogen and oxygen atoms in total. The normalized spacial score (nSPS) is 23.5. The van der Waals surface area contributed by atoms with Gasteiger partial charge < -0.3 is 0 Å². The van der Waals surface area contributed by atoms with E-state index in [1.165, 1.54) is 6.42 Å². The van der Waals surface area contributed by atoms with E-state index in [9.17, 15) is 8.42 Å². The number of rotatable bonds is 5. The predicted octanol–water partition coefficient (Wildman–Crippen LogP) is 4.27. The molecule has 1 aliphatic carbocycles. The average molecular weight is 324 g/mol. The fourth-order valence-corrected chi connectivity index (χ4v) is 4.59. The molecule has 0 bridgehead atoms. The van der Waals surface area contributed by atoms with Gasteiger partial charge in [0.1, 0.15) is 0 Å². The van der Waals surface area contributed by atoms with Crippen LogP contribution in [0.2, 0.25) is 0 Å². The van der Waals surface area contributed by atoms with E-state index in [0.29, 0.717) is 16.2 Å². The summed E-state index contributed by atoms with van der Waals surface area (Å²) in [5.41, 5.74) is 1.43. The Morgan fingerprint density at radius 2 is 1.64 bits per heavy atom. The lowest BCUT2D eigenvalue weighted by Crippen LogP contribution is -2.39. The van der Waals surface area contributed by atoms with Crippen LogP contribution < -0.4 is 4.72 Å². The third-order valence-corrected chi connectivity index (χ3v) is 6.93. The zero-order chi connectivity index (χ0) is 16.4. The van der Waals surface area contributed by atoms with Gasteiger partial charge in [-0.1, -0.05) is 44.9 Å². The lowest BCUT2D eigenvalue weighted by molar-refractivity contribution is 0.142. The van der Waals surface area contributed by atoms with Crippen LogP contribution in [0.25, 0.3) is 0 Å². The number of aryl methyl sites for hydroxylation is 1. The molecule has 0 atom stereocenters. The van der Waals surface area contributed by atoms with E-state index in [4.69, 9.17) is 0 Å². The number of nitrogens with one attached hydrogen (secondary N) is 1. The van der Waals surface area contributed by atoms with Crippen LogP contribution in [0.4, 0.5) is 0 Å². The zero-order valence-electron chi connectivity index (χ0n) is 14.2. The second kappa shape index (κ2) is 6.71. The summed E-state index contributed by atoms with van der Waals surface area (Å²) in [5, 5.41) is 0. The van der Waals surface area contributed by atoms with Gasteiger partial charge in [0.25, 0.3) is 0 Å². The van der Waals surface area contributed by atoms with Gasteiger partial charge in [0.2, 0.25) is 10.0 Å². The van der Waals surface area contributed by atoms with E-state index in [1.807, 2.05) is 19.1 Å². The first-order valence-corrected chi connectivity index (χ1v) is 9.82. The van der Waals surface area contributed by atoms with Crippen molar-refractivity contribution >= 4 is 10.0 Å². The molecular weight excluding hydrogens is 294 g/mol. The molecule has 0 aromatic heterocycles. The number of sulfonamides is 1. The van der Waals surface area contributed by atoms with Crippen molar-refractivity contribution in [1.29, 1.82) is 0 Å². The average Bonchev–Trinajstić information content (AvgIpc) is 2.48. The summed E-state index contributed by atoms with van der Waals surface area (Å²) >= 11 is 0. The highest BCUT2D eigenvalue weighted by Crippen LogP contribution is 2.40. The number of hydrogen-bond acceptors (Lipinski definition) is 2. The molecule has 1 aromatic carbocycles. The van der Waals surface area contributed by atoms with Gasteiger partial charge in [-0.3, -0.25) is 0 Å². The van der Waals surface area contributed by atoms with E-state index in [2.05, 4.69) is 25.5 Å². The molecule has 1 N–H and O–H groups in total. The Labute approximate surface area is 135 Å². The standard InChI is InChI=1S/C18H29NO2S/c1-5-18(3,4)15-8-10-16(11-9-15)19-22(20,21)17-12-6-14(2)7-13-17/h6-7,12-13,15-16,19H,5,8-11H2,1-4H3. The summed E-state index contributed by atoms with van der Waals surface area (Å²) < 4.78 is 27.8. The van der Waals surface area contributed by atoms with Crippen LogP contribution in [-0.2, 0) is 10.0 Å². The molecule has 0 spiro atoms. The van der Waals surface area contributed by atoms with Crippen LogP contribution in [0.3, 0.4) is 0 Å². The van der Waals surface area contributed by atoms with Crippen molar-refractivity contribution in [3.63, 3.8) is 0 Å². The van der Waals surface area contributed by atoms with Gasteiger partial charge in [0.15, 0.2) is 0 Å². The van der Waals surface area contributed by atoms with Crippen molar-refractivity contribution in [3.8, 4) is 0 Å². The molecule has 22 heavy (non-hydrogen) atoms. The predicted molar refractivity (Wildman–Crippen MR) is 91.3 cm³/mol. The maximum absolute atomic E-state index is 12.4. The van der Waals surface area contributed by atoms with Crippen LogP contribution in [-0.4, -0.2) is 14.5 Å². The maximum atomic E-state index is 12.4. The topological polar surface area (TPSA) is 46.2 Å². The molecule has 0 radical (unpaired) electrons. The highest BCUT2D eigenvalue weighted by Gasteiger charge is 2.33. The van der Waals surface area contributed by atoms with Gasteiger partial charge in [-0.25, -0.2) is 13.1 Å². The van der Waals surface area contributed by atoms with Crippen molar-refractivity contribution < 1.29 is 8.42 Å². The molecular formula is C18H29NO2S. The minimum Gasteiger partial charge on any atom is -0.208 e. The van der Waals surface area contributed by atoms with Crippen molar-refractivity contribution in [2.75, 3.05) is 0 Å². The minimum absolute atomic E-state index is 0.0789. The number of benzene rings is 1. The molecule has 0 unspecified atom stereocenters. The Bertz CT molecular complexity index is 582. The van der Waals surface area contributed by atoms with Gasteiger partial charge in [0.05, 0.1) is 4.90 Å². The van der Waals surface area contributed by atoms with Crippen LogP contribution in [0, 0.1) is 18.3 Å². The molecule has 4 heteroatoms. The quantitative estimate of drug-likeness (QED) is 0.879. The summed E-state index contributed by atoms with van der Waals surface area (Å²) in [5.74, 6) is 0.706. The fraction of sp³-hybridized carbons (Fsp3) is 0.667. The smallest absolute Gasteiger partial charge is 0.208 e. The lowest BCUT2D eigenvalue weighted by atomic mass is 9.69. The van der Waals surface area contributed by atoms with Crippen molar-refractivity contribution in [3.05, 3.63) is 29.8 Å². The first-order chi connectivity index (χ1) is 10.2. The minimum atomic E-state index is -3.39. The Morgan fingerprint density at radius 3 is 2.14 bits per heavy atom. The molecule has 0 amide bonds. The third kappa shape index (κ3) is 4.11. The van der Waals surface area contributed by atoms with Crippen molar-refractivity contribution in [2.45, 2.75) is 70.7 Å². The van der Waals surface area contributed by atoms with Gasteiger partial charge >= 0.3 is 0 Å². The summed E-state index contributed by atoms with van der Waals surface area (Å²) in [6.45, 7) is 8.86. The van der Waals surface area contributed by atoms with Crippen LogP contribution in [0.15, 0.2) is 29.2 Å². The Hall–Kier alpha value is -0.870. The van der Waals surface area contributed by atoms with Crippen LogP contribution >= 0.6 is 0 Å². The first-order valence-electron chi connectivity index (χ1n) is 8.33. The van der Waals surface area contributed by atoms with Crippen LogP contribution in [0.5, 0.6) is 0 Å². The van der Waals surface area contributed by atoms with E-state index >= 15 is 0 Å². The summed E-state index contributed by atoms with van der Waals surface area (Å²) in [7, 11) is -3.39. The summed E-state index contributed by atoms with van der Waals surface area (Å²) in [4.78, 5) is 0.370. The maximum Gasteiger partial charge on any atom is 0.240 e. The fourth-order valence-electron chi connectivity index (χ4n) is 3.29. The molecule has 2 rings (SSSR count).